The normalized spacial score (nSPS) is 11.3. The predicted octanol–water partition coefficient (Wildman–Crippen LogP) is 2.13. The number of hydrogen-bond acceptors (Lipinski definition) is 6. The highest BCUT2D eigenvalue weighted by atomic mass is 32.2. The number of benzene rings is 2. The zero-order valence-corrected chi connectivity index (χ0v) is 15.4. The maximum atomic E-state index is 12.7. The second-order valence-electron chi connectivity index (χ2n) is 5.46. The Morgan fingerprint density at radius 3 is 2.42 bits per heavy atom. The van der Waals surface area contributed by atoms with Gasteiger partial charge >= 0.3 is 5.97 Å². The lowest BCUT2D eigenvalue weighted by molar-refractivity contribution is 0.0600. The molecule has 0 spiro atoms. The van der Waals surface area contributed by atoms with E-state index in [0.29, 0.717) is 5.75 Å². The third-order valence-electron chi connectivity index (χ3n) is 3.16. The molecule has 0 unspecified atom stereocenters. The van der Waals surface area contributed by atoms with Gasteiger partial charge in [-0.3, -0.25) is 0 Å². The van der Waals surface area contributed by atoms with Crippen LogP contribution in [0.1, 0.15) is 10.4 Å². The number of nitrogens with zero attached hydrogens (tertiary/aromatic N) is 2. The molecule has 0 bridgehead atoms. The number of nitrogen functional groups attached to an aromatic ring is 1. The highest BCUT2D eigenvalue weighted by Crippen LogP contribution is 2.36. The molecule has 0 amide bonds. The molecular formula is C17H19N3O5S. The minimum absolute atomic E-state index is 0.0240. The Kier molecular flexibility index (Phi) is 5.83. The van der Waals surface area contributed by atoms with Crippen molar-refractivity contribution < 1.29 is 22.7 Å². The molecule has 0 saturated carbocycles. The Labute approximate surface area is 151 Å². The molecule has 0 radical (unpaired) electrons. The van der Waals surface area contributed by atoms with E-state index in [9.17, 15) is 13.2 Å². The molecule has 8 nitrogen and oxygen atoms in total. The third kappa shape index (κ3) is 4.51. The molecular weight excluding hydrogens is 358 g/mol. The first-order chi connectivity index (χ1) is 12.2. The van der Waals surface area contributed by atoms with Crippen molar-refractivity contribution in [3.63, 3.8) is 0 Å². The van der Waals surface area contributed by atoms with Crippen LogP contribution in [0.5, 0.6) is 11.5 Å². The Bertz CT molecular complexity index is 925. The molecule has 2 aromatic carbocycles. The maximum absolute atomic E-state index is 12.7. The van der Waals surface area contributed by atoms with Crippen molar-refractivity contribution in [2.75, 3.05) is 26.9 Å². The summed E-state index contributed by atoms with van der Waals surface area (Å²) in [6.45, 7) is 0. The van der Waals surface area contributed by atoms with Gasteiger partial charge in [-0.25, -0.2) is 4.79 Å². The minimum Gasteiger partial charge on any atom is -0.465 e. The molecule has 0 atom stereocenters. The zero-order valence-electron chi connectivity index (χ0n) is 14.5. The first kappa shape index (κ1) is 19.3. The maximum Gasteiger partial charge on any atom is 0.337 e. The summed E-state index contributed by atoms with van der Waals surface area (Å²) in [6, 6.07) is 11.0. The van der Waals surface area contributed by atoms with Crippen LogP contribution in [0.15, 0.2) is 51.8 Å². The van der Waals surface area contributed by atoms with Crippen LogP contribution in [0.2, 0.25) is 0 Å². The molecule has 2 aromatic rings. The van der Waals surface area contributed by atoms with Crippen LogP contribution in [0.4, 0.5) is 5.69 Å². The van der Waals surface area contributed by atoms with Crippen LogP contribution >= 0.6 is 0 Å². The van der Waals surface area contributed by atoms with Crippen molar-refractivity contribution in [1.29, 1.82) is 0 Å². The van der Waals surface area contributed by atoms with Gasteiger partial charge in [0.25, 0.3) is 10.0 Å². The topological polar surface area (TPSA) is 111 Å². The first-order valence-electron chi connectivity index (χ1n) is 7.46. The second kappa shape index (κ2) is 7.87. The molecule has 0 fully saturated rings. The zero-order chi connectivity index (χ0) is 19.3. The summed E-state index contributed by atoms with van der Waals surface area (Å²) in [4.78, 5) is 12.9. The molecule has 9 heteroatoms. The molecule has 26 heavy (non-hydrogen) atoms. The van der Waals surface area contributed by atoms with Crippen LogP contribution in [-0.2, 0) is 14.8 Å². The van der Waals surface area contributed by atoms with E-state index in [2.05, 4.69) is 9.13 Å². The van der Waals surface area contributed by atoms with Gasteiger partial charge in [0, 0.05) is 14.1 Å². The fraction of sp³-hybridized carbons (Fsp3) is 0.176. The smallest absolute Gasteiger partial charge is 0.337 e. The number of carbonyl (C=O) groups is 1. The minimum atomic E-state index is -4.18. The molecule has 0 saturated heterocycles. The third-order valence-corrected chi connectivity index (χ3v) is 4.39. The first-order valence-corrected chi connectivity index (χ1v) is 8.90. The second-order valence-corrected chi connectivity index (χ2v) is 7.06. The number of ether oxygens (including phenoxy) is 2. The van der Waals surface area contributed by atoms with Crippen LogP contribution in [0, 0.1) is 0 Å². The van der Waals surface area contributed by atoms with E-state index in [4.69, 9.17) is 10.5 Å². The number of rotatable bonds is 6. The van der Waals surface area contributed by atoms with Gasteiger partial charge < -0.3 is 20.1 Å². The summed E-state index contributed by atoms with van der Waals surface area (Å²) in [7, 11) is 0.257. The van der Waals surface area contributed by atoms with Gasteiger partial charge in [-0.05, 0) is 24.3 Å². The molecule has 138 valence electrons. The fourth-order valence-corrected chi connectivity index (χ4v) is 3.08. The number of methoxy groups -OCH3 is 1. The van der Waals surface area contributed by atoms with Gasteiger partial charge in [-0.15, -0.1) is 4.40 Å². The Hall–Kier alpha value is -3.07. The van der Waals surface area contributed by atoms with E-state index >= 15 is 0 Å². The quantitative estimate of drug-likeness (QED) is 0.355. The Balaban J connectivity index is 2.64. The molecule has 0 aliphatic rings. The Morgan fingerprint density at radius 2 is 1.85 bits per heavy atom. The van der Waals surface area contributed by atoms with Gasteiger partial charge in [0.1, 0.15) is 17.0 Å². The lowest BCUT2D eigenvalue weighted by atomic mass is 10.2. The number of sulfonamides is 1. The average Bonchev–Trinajstić information content (AvgIpc) is 2.61. The van der Waals surface area contributed by atoms with Gasteiger partial charge in [0.15, 0.2) is 5.75 Å². The predicted molar refractivity (Wildman–Crippen MR) is 98.1 cm³/mol. The summed E-state index contributed by atoms with van der Waals surface area (Å²) in [5.41, 5.74) is 5.90. The molecule has 2 rings (SSSR count). The number of esters is 1. The summed E-state index contributed by atoms with van der Waals surface area (Å²) in [5.74, 6) is -0.450. The summed E-state index contributed by atoms with van der Waals surface area (Å²) in [6.07, 6.45) is 1.13. The summed E-state index contributed by atoms with van der Waals surface area (Å²) >= 11 is 0. The fourth-order valence-electron chi connectivity index (χ4n) is 1.98. The SMILES string of the molecule is COC(=O)c1cc(N)c(Oc2ccccc2)c(S(=O)(=O)N=CN(C)C)c1. The van der Waals surface area contributed by atoms with Crippen molar-refractivity contribution in [3.8, 4) is 11.5 Å². The van der Waals surface area contributed by atoms with Crippen molar-refractivity contribution in [2.24, 2.45) is 4.40 Å². The molecule has 0 aliphatic heterocycles. The van der Waals surface area contributed by atoms with Crippen molar-refractivity contribution in [1.82, 2.24) is 4.90 Å². The average molecular weight is 377 g/mol. The number of para-hydroxylation sites is 1. The summed E-state index contributed by atoms with van der Waals surface area (Å²) in [5, 5.41) is 0. The number of anilines is 1. The van der Waals surface area contributed by atoms with E-state index < -0.39 is 16.0 Å². The number of nitrogens with two attached hydrogens (primary N) is 1. The Morgan fingerprint density at radius 1 is 1.19 bits per heavy atom. The summed E-state index contributed by atoms with van der Waals surface area (Å²) < 4.78 is 39.2. The van der Waals surface area contributed by atoms with Crippen LogP contribution in [-0.4, -0.2) is 46.8 Å². The van der Waals surface area contributed by atoms with Gasteiger partial charge in [-0.2, -0.15) is 8.42 Å². The monoisotopic (exact) mass is 377 g/mol. The van der Waals surface area contributed by atoms with E-state index in [1.54, 1.807) is 44.4 Å². The molecule has 0 heterocycles. The molecule has 2 N–H and O–H groups in total. The van der Waals surface area contributed by atoms with Crippen LogP contribution in [0.25, 0.3) is 0 Å². The van der Waals surface area contributed by atoms with Gasteiger partial charge in [0.2, 0.25) is 0 Å². The highest BCUT2D eigenvalue weighted by Gasteiger charge is 2.25. The van der Waals surface area contributed by atoms with E-state index in [1.807, 2.05) is 0 Å². The van der Waals surface area contributed by atoms with Gasteiger partial charge in [0.05, 0.1) is 18.4 Å². The lowest BCUT2D eigenvalue weighted by Gasteiger charge is -2.14. The van der Waals surface area contributed by atoms with Crippen molar-refractivity contribution in [3.05, 3.63) is 48.0 Å². The lowest BCUT2D eigenvalue weighted by Crippen LogP contribution is -2.12. The number of carbonyl (C=O) groups excluding carboxylic acids is 1. The molecule has 0 aliphatic carbocycles. The standard InChI is InChI=1S/C17H19N3O5S/c1-20(2)11-19-26(22,23)15-10-12(17(21)24-3)9-14(18)16(15)25-13-7-5-4-6-8-13/h4-11H,18H2,1-3H3. The largest absolute Gasteiger partial charge is 0.465 e. The van der Waals surface area contributed by atoms with Gasteiger partial charge in [-0.1, -0.05) is 18.2 Å². The van der Waals surface area contributed by atoms with E-state index in [0.717, 1.165) is 12.4 Å². The van der Waals surface area contributed by atoms with E-state index in [-0.39, 0.29) is 21.9 Å². The highest BCUT2D eigenvalue weighted by molar-refractivity contribution is 7.90. The molecule has 0 aromatic heterocycles. The number of hydrogen-bond donors (Lipinski definition) is 1. The van der Waals surface area contributed by atoms with Crippen LogP contribution in [0.3, 0.4) is 0 Å². The van der Waals surface area contributed by atoms with E-state index in [1.165, 1.54) is 18.1 Å². The van der Waals surface area contributed by atoms with Crippen molar-refractivity contribution >= 4 is 28.0 Å². The van der Waals surface area contributed by atoms with Crippen molar-refractivity contribution in [2.45, 2.75) is 4.90 Å². The van der Waals surface area contributed by atoms with Crippen LogP contribution < -0.4 is 10.5 Å².